The van der Waals surface area contributed by atoms with E-state index in [4.69, 9.17) is 10.00 Å². The maximum atomic E-state index is 11.9. The van der Waals surface area contributed by atoms with Crippen LogP contribution in [0.15, 0.2) is 48.5 Å². The zero-order valence-electron chi connectivity index (χ0n) is 13.7. The average Bonchev–Trinajstić information content (AvgIpc) is 2.62. The fraction of sp³-hybridized carbons (Fsp3) is 0.263. The topological polar surface area (TPSA) is 74.2 Å². The molecule has 0 aliphatic rings. The summed E-state index contributed by atoms with van der Waals surface area (Å²) in [7, 11) is 1.64. The number of para-hydroxylation sites is 1. The number of hydrogen-bond donors (Lipinski definition) is 2. The number of amides is 1. The number of anilines is 1. The van der Waals surface area contributed by atoms with Crippen molar-refractivity contribution in [3.05, 3.63) is 59.7 Å². The van der Waals surface area contributed by atoms with Crippen molar-refractivity contribution in [3.8, 4) is 11.8 Å². The molecule has 0 fully saturated rings. The molecule has 0 aromatic heterocycles. The second-order valence-corrected chi connectivity index (χ2v) is 5.28. The van der Waals surface area contributed by atoms with Crippen LogP contribution in [0.5, 0.6) is 5.75 Å². The summed E-state index contributed by atoms with van der Waals surface area (Å²) in [5, 5.41) is 14.9. The normalized spacial score (nSPS) is 9.83. The van der Waals surface area contributed by atoms with Crippen LogP contribution < -0.4 is 15.4 Å². The zero-order valence-corrected chi connectivity index (χ0v) is 13.7. The molecule has 2 aromatic rings. The Morgan fingerprint density at radius 2 is 2.00 bits per heavy atom. The minimum atomic E-state index is -0.00571. The van der Waals surface area contributed by atoms with Crippen molar-refractivity contribution in [2.75, 3.05) is 25.5 Å². The smallest absolute Gasteiger partial charge is 0.221 e. The molecule has 0 bridgehead atoms. The van der Waals surface area contributed by atoms with Gasteiger partial charge in [-0.25, -0.2) is 0 Å². The number of nitriles is 1. The Hall–Kier alpha value is -3.00. The number of nitrogens with zero attached hydrogens (tertiary/aromatic N) is 1. The van der Waals surface area contributed by atoms with Gasteiger partial charge in [-0.3, -0.25) is 4.79 Å². The van der Waals surface area contributed by atoms with Crippen LogP contribution in [0.4, 0.5) is 5.69 Å². The standard InChI is InChI=1S/C19H21N3O2/c1-24-18-8-3-2-6-16(18)9-11-22-19(23)10-12-21-17-7-4-5-15(13-17)14-20/h2-8,13,21H,9-12H2,1H3,(H,22,23). The molecule has 0 saturated heterocycles. The maximum absolute atomic E-state index is 11.9. The maximum Gasteiger partial charge on any atom is 0.221 e. The molecule has 1 amide bonds. The Kier molecular flexibility index (Phi) is 6.66. The van der Waals surface area contributed by atoms with Gasteiger partial charge in [0, 0.05) is 25.2 Å². The van der Waals surface area contributed by atoms with Crippen LogP contribution >= 0.6 is 0 Å². The first-order chi connectivity index (χ1) is 11.7. The van der Waals surface area contributed by atoms with E-state index in [2.05, 4.69) is 16.7 Å². The number of benzene rings is 2. The Morgan fingerprint density at radius 1 is 1.17 bits per heavy atom. The van der Waals surface area contributed by atoms with E-state index in [1.807, 2.05) is 36.4 Å². The van der Waals surface area contributed by atoms with Crippen molar-refractivity contribution in [1.29, 1.82) is 5.26 Å². The first-order valence-corrected chi connectivity index (χ1v) is 7.85. The number of carbonyl (C=O) groups is 1. The number of carbonyl (C=O) groups excluding carboxylic acids is 1. The monoisotopic (exact) mass is 323 g/mol. The highest BCUT2D eigenvalue weighted by Crippen LogP contribution is 2.17. The molecular formula is C19H21N3O2. The van der Waals surface area contributed by atoms with Gasteiger partial charge < -0.3 is 15.4 Å². The van der Waals surface area contributed by atoms with E-state index in [1.54, 1.807) is 19.2 Å². The fourth-order valence-corrected chi connectivity index (χ4v) is 2.35. The van der Waals surface area contributed by atoms with Crippen molar-refractivity contribution in [1.82, 2.24) is 5.32 Å². The largest absolute Gasteiger partial charge is 0.496 e. The van der Waals surface area contributed by atoms with Crippen molar-refractivity contribution < 1.29 is 9.53 Å². The Morgan fingerprint density at radius 3 is 2.79 bits per heavy atom. The van der Waals surface area contributed by atoms with Gasteiger partial charge in [0.05, 0.1) is 18.7 Å². The average molecular weight is 323 g/mol. The molecule has 124 valence electrons. The van der Waals surface area contributed by atoms with E-state index in [9.17, 15) is 4.79 Å². The molecule has 5 heteroatoms. The lowest BCUT2D eigenvalue weighted by Gasteiger charge is -2.10. The predicted molar refractivity (Wildman–Crippen MR) is 94.0 cm³/mol. The summed E-state index contributed by atoms with van der Waals surface area (Å²) in [4.78, 5) is 11.9. The van der Waals surface area contributed by atoms with Crippen molar-refractivity contribution in [2.24, 2.45) is 0 Å². The molecule has 2 aromatic carbocycles. The third-order valence-corrected chi connectivity index (χ3v) is 3.58. The molecule has 0 heterocycles. The quantitative estimate of drug-likeness (QED) is 0.783. The number of rotatable bonds is 8. The number of hydrogen-bond acceptors (Lipinski definition) is 4. The lowest BCUT2D eigenvalue weighted by Crippen LogP contribution is -2.27. The Bertz CT molecular complexity index is 723. The van der Waals surface area contributed by atoms with Crippen molar-refractivity contribution >= 4 is 11.6 Å². The second-order valence-electron chi connectivity index (χ2n) is 5.28. The van der Waals surface area contributed by atoms with Crippen LogP contribution in [0.2, 0.25) is 0 Å². The number of nitrogens with one attached hydrogen (secondary N) is 2. The lowest BCUT2D eigenvalue weighted by molar-refractivity contribution is -0.120. The summed E-state index contributed by atoms with van der Waals surface area (Å²) in [6.07, 6.45) is 1.11. The SMILES string of the molecule is COc1ccccc1CCNC(=O)CCNc1cccc(C#N)c1. The van der Waals surface area contributed by atoms with Gasteiger partial charge in [0.25, 0.3) is 0 Å². The first-order valence-electron chi connectivity index (χ1n) is 7.85. The van der Waals surface area contributed by atoms with Crippen LogP contribution in [-0.4, -0.2) is 26.1 Å². The number of ether oxygens (including phenoxy) is 1. The molecular weight excluding hydrogens is 302 g/mol. The summed E-state index contributed by atoms with van der Waals surface area (Å²) >= 11 is 0. The van der Waals surface area contributed by atoms with Crippen LogP contribution in [0.3, 0.4) is 0 Å². The Labute approximate surface area is 142 Å². The first kappa shape index (κ1) is 17.4. The molecule has 0 spiro atoms. The zero-order chi connectivity index (χ0) is 17.2. The highest BCUT2D eigenvalue weighted by Gasteiger charge is 2.04. The van der Waals surface area contributed by atoms with Gasteiger partial charge in [0.1, 0.15) is 5.75 Å². The predicted octanol–water partition coefficient (Wildman–Crippen LogP) is 2.73. The highest BCUT2D eigenvalue weighted by molar-refractivity contribution is 5.76. The second kappa shape index (κ2) is 9.21. The summed E-state index contributed by atoms with van der Waals surface area (Å²) < 4.78 is 5.29. The third kappa shape index (κ3) is 5.33. The molecule has 0 atom stereocenters. The van der Waals surface area contributed by atoms with E-state index in [0.29, 0.717) is 25.1 Å². The van der Waals surface area contributed by atoms with E-state index >= 15 is 0 Å². The van der Waals surface area contributed by atoms with Crippen LogP contribution in [-0.2, 0) is 11.2 Å². The van der Waals surface area contributed by atoms with Crippen LogP contribution in [0.1, 0.15) is 17.5 Å². The van der Waals surface area contributed by atoms with Gasteiger partial charge in [0.15, 0.2) is 0 Å². The van der Waals surface area contributed by atoms with Gasteiger partial charge in [-0.05, 0) is 36.2 Å². The summed E-state index contributed by atoms with van der Waals surface area (Å²) in [5.74, 6) is 0.833. The van der Waals surface area contributed by atoms with Gasteiger partial charge in [0.2, 0.25) is 5.91 Å². The molecule has 0 unspecified atom stereocenters. The molecule has 0 saturated carbocycles. The van der Waals surface area contributed by atoms with Gasteiger partial charge in [-0.1, -0.05) is 24.3 Å². The van der Waals surface area contributed by atoms with Gasteiger partial charge in [-0.2, -0.15) is 5.26 Å². The molecule has 5 nitrogen and oxygen atoms in total. The third-order valence-electron chi connectivity index (χ3n) is 3.58. The molecule has 0 aliphatic heterocycles. The van der Waals surface area contributed by atoms with Crippen LogP contribution in [0.25, 0.3) is 0 Å². The lowest BCUT2D eigenvalue weighted by atomic mass is 10.1. The molecule has 0 radical (unpaired) electrons. The fourth-order valence-electron chi connectivity index (χ4n) is 2.35. The molecule has 2 rings (SSSR count). The molecule has 2 N–H and O–H groups in total. The van der Waals surface area contributed by atoms with E-state index < -0.39 is 0 Å². The van der Waals surface area contributed by atoms with Crippen LogP contribution in [0, 0.1) is 11.3 Å². The van der Waals surface area contributed by atoms with E-state index in [1.165, 1.54) is 0 Å². The van der Waals surface area contributed by atoms with Crippen molar-refractivity contribution in [2.45, 2.75) is 12.8 Å². The summed E-state index contributed by atoms with van der Waals surface area (Å²) in [6, 6.07) is 17.1. The summed E-state index contributed by atoms with van der Waals surface area (Å²) in [5.41, 5.74) is 2.52. The van der Waals surface area contributed by atoms with Crippen molar-refractivity contribution in [3.63, 3.8) is 0 Å². The minimum absolute atomic E-state index is 0.00571. The molecule has 24 heavy (non-hydrogen) atoms. The summed E-state index contributed by atoms with van der Waals surface area (Å²) in [6.45, 7) is 1.10. The van der Waals surface area contributed by atoms with Gasteiger partial charge >= 0.3 is 0 Å². The number of methoxy groups -OCH3 is 1. The van der Waals surface area contributed by atoms with E-state index in [0.717, 1.165) is 23.4 Å². The highest BCUT2D eigenvalue weighted by atomic mass is 16.5. The minimum Gasteiger partial charge on any atom is -0.496 e. The molecule has 0 aliphatic carbocycles. The van der Waals surface area contributed by atoms with Gasteiger partial charge in [-0.15, -0.1) is 0 Å². The van der Waals surface area contributed by atoms with E-state index in [-0.39, 0.29) is 5.91 Å². The Balaban J connectivity index is 1.69.